The van der Waals surface area contributed by atoms with Gasteiger partial charge in [-0.05, 0) is 57.4 Å². The number of nitrogens with zero attached hydrogens (tertiary/aromatic N) is 2. The van der Waals surface area contributed by atoms with Gasteiger partial charge < -0.3 is 10.2 Å². The van der Waals surface area contributed by atoms with E-state index in [0.29, 0.717) is 12.0 Å². The highest BCUT2D eigenvalue weighted by atomic mass is 16.2. The fourth-order valence-corrected chi connectivity index (χ4v) is 5.45. The standard InChI is InChI=1S/C18H29N3O/c1-2-19-18(22)21-9-5-6-13-10-14-11-15(17(13)21)12-20-8-4-3-7-16(14)20/h10,14-17H,2-9,11-12H2,1H3,(H,19,22)/t14-,15-,16-,17-/m0/s1. The summed E-state index contributed by atoms with van der Waals surface area (Å²) >= 11 is 0. The Bertz CT molecular complexity index is 475. The van der Waals surface area contributed by atoms with Gasteiger partial charge in [-0.2, -0.15) is 0 Å². The van der Waals surface area contributed by atoms with Crippen molar-refractivity contribution in [1.82, 2.24) is 15.1 Å². The molecule has 4 heteroatoms. The van der Waals surface area contributed by atoms with E-state index in [0.717, 1.165) is 31.5 Å². The van der Waals surface area contributed by atoms with Gasteiger partial charge in [-0.3, -0.25) is 4.90 Å². The minimum Gasteiger partial charge on any atom is -0.338 e. The Kier molecular flexibility index (Phi) is 3.89. The molecule has 4 atom stereocenters. The van der Waals surface area contributed by atoms with Crippen molar-refractivity contribution in [2.45, 2.75) is 57.5 Å². The molecule has 22 heavy (non-hydrogen) atoms. The van der Waals surface area contributed by atoms with Gasteiger partial charge in [0.2, 0.25) is 0 Å². The first-order valence-electron chi connectivity index (χ1n) is 9.27. The molecule has 0 saturated carbocycles. The third-order valence-electron chi connectivity index (χ3n) is 6.25. The summed E-state index contributed by atoms with van der Waals surface area (Å²) < 4.78 is 0. The smallest absolute Gasteiger partial charge is 0.317 e. The first kappa shape index (κ1) is 14.6. The van der Waals surface area contributed by atoms with E-state index >= 15 is 0 Å². The molecule has 4 aliphatic rings. The highest BCUT2D eigenvalue weighted by molar-refractivity contribution is 5.75. The Hall–Kier alpha value is -1.03. The highest BCUT2D eigenvalue weighted by Gasteiger charge is 2.46. The van der Waals surface area contributed by atoms with Crippen LogP contribution in [0, 0.1) is 11.8 Å². The maximum Gasteiger partial charge on any atom is 0.317 e. The Morgan fingerprint density at radius 1 is 1.32 bits per heavy atom. The molecule has 0 spiro atoms. The number of carbonyl (C=O) groups excluding carboxylic acids is 1. The molecule has 2 amide bonds. The molecule has 0 radical (unpaired) electrons. The molecule has 4 nitrogen and oxygen atoms in total. The van der Waals surface area contributed by atoms with Gasteiger partial charge in [-0.15, -0.1) is 0 Å². The Labute approximate surface area is 133 Å². The van der Waals surface area contributed by atoms with Crippen molar-refractivity contribution in [1.29, 1.82) is 0 Å². The average Bonchev–Trinajstić information content (AvgIpc) is 2.54. The van der Waals surface area contributed by atoms with E-state index in [4.69, 9.17) is 0 Å². The Morgan fingerprint density at radius 2 is 2.23 bits per heavy atom. The van der Waals surface area contributed by atoms with Gasteiger partial charge in [0.25, 0.3) is 0 Å². The molecule has 0 aromatic heterocycles. The number of urea groups is 1. The first-order valence-corrected chi connectivity index (χ1v) is 9.27. The molecule has 0 aromatic rings. The van der Waals surface area contributed by atoms with E-state index in [9.17, 15) is 4.79 Å². The molecule has 3 heterocycles. The van der Waals surface area contributed by atoms with E-state index < -0.39 is 0 Å². The molecule has 1 N–H and O–H groups in total. The summed E-state index contributed by atoms with van der Waals surface area (Å²) in [6, 6.07) is 1.31. The lowest BCUT2D eigenvalue weighted by molar-refractivity contribution is 0.00795. The molecule has 3 saturated heterocycles. The van der Waals surface area contributed by atoms with Gasteiger partial charge in [0.1, 0.15) is 0 Å². The number of hydrogen-bond donors (Lipinski definition) is 1. The topological polar surface area (TPSA) is 35.6 Å². The summed E-state index contributed by atoms with van der Waals surface area (Å²) in [5.74, 6) is 1.40. The molecular weight excluding hydrogens is 274 g/mol. The first-order chi connectivity index (χ1) is 10.8. The lowest BCUT2D eigenvalue weighted by Crippen LogP contribution is -2.61. The van der Waals surface area contributed by atoms with Crippen LogP contribution in [-0.2, 0) is 0 Å². The van der Waals surface area contributed by atoms with E-state index in [-0.39, 0.29) is 6.03 Å². The molecule has 4 rings (SSSR count). The van der Waals surface area contributed by atoms with Crippen molar-refractivity contribution in [3.8, 4) is 0 Å². The Morgan fingerprint density at radius 3 is 3.09 bits per heavy atom. The maximum atomic E-state index is 12.5. The lowest BCUT2D eigenvalue weighted by atomic mass is 9.68. The monoisotopic (exact) mass is 303 g/mol. The van der Waals surface area contributed by atoms with Crippen LogP contribution < -0.4 is 5.32 Å². The van der Waals surface area contributed by atoms with E-state index in [2.05, 4.69) is 21.2 Å². The summed E-state index contributed by atoms with van der Waals surface area (Å²) in [5.41, 5.74) is 1.57. The zero-order valence-electron chi connectivity index (χ0n) is 13.8. The van der Waals surface area contributed by atoms with Crippen LogP contribution in [-0.4, -0.2) is 54.1 Å². The third-order valence-corrected chi connectivity index (χ3v) is 6.25. The molecule has 0 aromatic carbocycles. The van der Waals surface area contributed by atoms with Crippen molar-refractivity contribution >= 4 is 6.03 Å². The summed E-state index contributed by atoms with van der Waals surface area (Å²) in [5, 5.41) is 3.02. The van der Waals surface area contributed by atoms with Crippen LogP contribution in [0.4, 0.5) is 4.79 Å². The average molecular weight is 303 g/mol. The third kappa shape index (κ3) is 2.36. The number of hydrogen-bond acceptors (Lipinski definition) is 2. The second-order valence-corrected chi connectivity index (χ2v) is 7.54. The van der Waals surface area contributed by atoms with Gasteiger partial charge in [0.05, 0.1) is 6.04 Å². The summed E-state index contributed by atoms with van der Waals surface area (Å²) in [4.78, 5) is 17.3. The highest BCUT2D eigenvalue weighted by Crippen LogP contribution is 2.44. The zero-order chi connectivity index (χ0) is 15.1. The lowest BCUT2D eigenvalue weighted by Gasteiger charge is -2.54. The maximum absolute atomic E-state index is 12.5. The van der Waals surface area contributed by atoms with Crippen LogP contribution in [0.5, 0.6) is 0 Å². The van der Waals surface area contributed by atoms with Crippen molar-refractivity contribution in [3.63, 3.8) is 0 Å². The summed E-state index contributed by atoms with van der Waals surface area (Å²) in [6.07, 6.45) is 10.4. The van der Waals surface area contributed by atoms with Crippen LogP contribution in [0.2, 0.25) is 0 Å². The second kappa shape index (κ2) is 5.88. The van der Waals surface area contributed by atoms with Gasteiger partial charge >= 0.3 is 6.03 Å². The molecule has 0 unspecified atom stereocenters. The van der Waals surface area contributed by atoms with E-state index in [1.54, 1.807) is 5.57 Å². The van der Waals surface area contributed by atoms with Crippen LogP contribution in [0.3, 0.4) is 0 Å². The fraction of sp³-hybridized carbons (Fsp3) is 0.833. The number of piperidine rings is 3. The van der Waals surface area contributed by atoms with Gasteiger partial charge in [-0.25, -0.2) is 4.79 Å². The van der Waals surface area contributed by atoms with Gasteiger partial charge in [0, 0.05) is 25.7 Å². The molecule has 2 bridgehead atoms. The van der Waals surface area contributed by atoms with Crippen LogP contribution >= 0.6 is 0 Å². The van der Waals surface area contributed by atoms with Crippen molar-refractivity contribution in [2.75, 3.05) is 26.2 Å². The number of likely N-dealkylation sites (tertiary alicyclic amines) is 1. The predicted octanol–water partition coefficient (Wildman–Crippen LogP) is 2.61. The van der Waals surface area contributed by atoms with Crippen molar-refractivity contribution in [3.05, 3.63) is 11.6 Å². The quantitative estimate of drug-likeness (QED) is 0.756. The zero-order valence-corrected chi connectivity index (χ0v) is 13.8. The predicted molar refractivity (Wildman–Crippen MR) is 87.7 cm³/mol. The number of amides is 2. The SMILES string of the molecule is CCNC(=O)N1CCCC2=C[C@H]3C[C@@H](CN4CCCC[C@@H]34)[C@H]21. The van der Waals surface area contributed by atoms with Gasteiger partial charge in [0.15, 0.2) is 0 Å². The number of nitrogens with one attached hydrogen (secondary N) is 1. The van der Waals surface area contributed by atoms with E-state index in [1.165, 1.54) is 45.2 Å². The molecule has 3 aliphatic heterocycles. The Balaban J connectivity index is 1.61. The fourth-order valence-electron chi connectivity index (χ4n) is 5.45. The normalized spacial score (nSPS) is 37.9. The second-order valence-electron chi connectivity index (χ2n) is 7.54. The largest absolute Gasteiger partial charge is 0.338 e. The minimum absolute atomic E-state index is 0.150. The van der Waals surface area contributed by atoms with Crippen molar-refractivity contribution < 1.29 is 4.79 Å². The van der Waals surface area contributed by atoms with E-state index in [1.807, 2.05) is 6.92 Å². The summed E-state index contributed by atoms with van der Waals surface area (Å²) in [6.45, 7) is 6.14. The number of rotatable bonds is 1. The van der Waals surface area contributed by atoms with Crippen LogP contribution in [0.25, 0.3) is 0 Å². The number of fused-ring (bicyclic) bond motifs is 6. The molecule has 1 aliphatic carbocycles. The van der Waals surface area contributed by atoms with Crippen molar-refractivity contribution in [2.24, 2.45) is 11.8 Å². The van der Waals surface area contributed by atoms with Crippen LogP contribution in [0.1, 0.15) is 45.4 Å². The molecule has 122 valence electrons. The van der Waals surface area contributed by atoms with Gasteiger partial charge in [-0.1, -0.05) is 18.1 Å². The minimum atomic E-state index is 0.150. The number of carbonyl (C=O) groups is 1. The molecule has 3 fully saturated rings. The summed E-state index contributed by atoms with van der Waals surface area (Å²) in [7, 11) is 0. The van der Waals surface area contributed by atoms with Crippen LogP contribution in [0.15, 0.2) is 11.6 Å². The molecular formula is C18H29N3O.